The lowest BCUT2D eigenvalue weighted by Gasteiger charge is -2.20. The monoisotopic (exact) mass is 497 g/mol. The van der Waals surface area contributed by atoms with Crippen molar-refractivity contribution in [1.82, 2.24) is 0 Å². The van der Waals surface area contributed by atoms with Crippen molar-refractivity contribution in [3.8, 4) is 17.2 Å². The molecule has 0 spiro atoms. The van der Waals surface area contributed by atoms with E-state index in [4.69, 9.17) is 14.2 Å². The van der Waals surface area contributed by atoms with Crippen LogP contribution in [0.25, 0.3) is 6.08 Å². The average molecular weight is 498 g/mol. The van der Waals surface area contributed by atoms with Crippen LogP contribution in [0.1, 0.15) is 11.1 Å². The van der Waals surface area contributed by atoms with Gasteiger partial charge < -0.3 is 19.5 Å². The number of sulfone groups is 1. The number of methoxy groups -OCH3 is 3. The van der Waals surface area contributed by atoms with Gasteiger partial charge in [0.15, 0.2) is 9.84 Å². The van der Waals surface area contributed by atoms with Gasteiger partial charge >= 0.3 is 0 Å². The zero-order valence-corrected chi connectivity index (χ0v) is 20.5. The molecule has 0 saturated heterocycles. The predicted octanol–water partition coefficient (Wildman–Crippen LogP) is 4.77. The Bertz CT molecular complexity index is 1340. The third-order valence-corrected chi connectivity index (χ3v) is 8.00. The second-order valence-electron chi connectivity index (χ2n) is 7.40. The van der Waals surface area contributed by atoms with E-state index in [-0.39, 0.29) is 16.6 Å². The standard InChI is InChI=1S/C25H23NO6S2/c1-30-17-9-7-16(8-10-17)13-24-25(27)26-20-12-11-18(14-23(20)33-24)34(28,29)15-19-21(31-2)5-4-6-22(19)32-3/h4-14H,15H2,1-3H3,(H,26,27)/b24-13+. The van der Waals surface area contributed by atoms with Gasteiger partial charge in [0, 0.05) is 4.90 Å². The highest BCUT2D eigenvalue weighted by Gasteiger charge is 2.26. The topological polar surface area (TPSA) is 90.9 Å². The van der Waals surface area contributed by atoms with Crippen LogP contribution < -0.4 is 19.5 Å². The number of amides is 1. The Morgan fingerprint density at radius 1 is 0.912 bits per heavy atom. The zero-order chi connectivity index (χ0) is 24.3. The van der Waals surface area contributed by atoms with Gasteiger partial charge in [0.25, 0.3) is 5.91 Å². The summed E-state index contributed by atoms with van der Waals surface area (Å²) in [4.78, 5) is 13.8. The lowest BCUT2D eigenvalue weighted by molar-refractivity contribution is -0.112. The number of rotatable bonds is 7. The summed E-state index contributed by atoms with van der Waals surface area (Å²) in [5.74, 6) is 1.06. The maximum Gasteiger partial charge on any atom is 0.262 e. The quantitative estimate of drug-likeness (QED) is 0.470. The van der Waals surface area contributed by atoms with E-state index in [0.717, 1.165) is 11.3 Å². The van der Waals surface area contributed by atoms with Crippen LogP contribution in [0.3, 0.4) is 0 Å². The minimum atomic E-state index is -3.73. The van der Waals surface area contributed by atoms with Crippen molar-refractivity contribution >= 4 is 39.3 Å². The van der Waals surface area contributed by atoms with Crippen molar-refractivity contribution in [3.05, 3.63) is 76.7 Å². The number of hydrogen-bond acceptors (Lipinski definition) is 7. The van der Waals surface area contributed by atoms with Crippen molar-refractivity contribution < 1.29 is 27.4 Å². The lowest BCUT2D eigenvalue weighted by atomic mass is 10.2. The third-order valence-electron chi connectivity index (χ3n) is 5.28. The second kappa shape index (κ2) is 9.82. The molecule has 176 valence electrons. The highest BCUT2D eigenvalue weighted by Crippen LogP contribution is 2.41. The molecule has 1 heterocycles. The first kappa shape index (κ1) is 23.7. The van der Waals surface area contributed by atoms with E-state index in [9.17, 15) is 13.2 Å². The fourth-order valence-corrected chi connectivity index (χ4v) is 5.99. The Morgan fingerprint density at radius 3 is 2.21 bits per heavy atom. The maximum absolute atomic E-state index is 13.3. The van der Waals surface area contributed by atoms with Crippen LogP contribution in [0.5, 0.6) is 17.2 Å². The molecule has 1 N–H and O–H groups in total. The fraction of sp³-hybridized carbons (Fsp3) is 0.160. The molecular weight excluding hydrogens is 474 g/mol. The summed E-state index contributed by atoms with van der Waals surface area (Å²) in [6.45, 7) is 0. The summed E-state index contributed by atoms with van der Waals surface area (Å²) in [7, 11) is 0.831. The van der Waals surface area contributed by atoms with E-state index in [0.29, 0.717) is 32.6 Å². The van der Waals surface area contributed by atoms with E-state index in [1.54, 1.807) is 43.5 Å². The van der Waals surface area contributed by atoms with Gasteiger partial charge in [-0.1, -0.05) is 30.0 Å². The van der Waals surface area contributed by atoms with Crippen molar-refractivity contribution in [2.75, 3.05) is 26.6 Å². The van der Waals surface area contributed by atoms with Crippen molar-refractivity contribution in [3.63, 3.8) is 0 Å². The van der Waals surface area contributed by atoms with E-state index >= 15 is 0 Å². The number of thioether (sulfide) groups is 1. The molecule has 9 heteroatoms. The summed E-state index contributed by atoms with van der Waals surface area (Å²) in [6, 6.07) is 17.1. The smallest absolute Gasteiger partial charge is 0.262 e. The molecule has 34 heavy (non-hydrogen) atoms. The minimum absolute atomic E-state index is 0.145. The summed E-state index contributed by atoms with van der Waals surface area (Å²) < 4.78 is 42.4. The molecule has 0 aliphatic carbocycles. The zero-order valence-electron chi connectivity index (χ0n) is 18.8. The molecule has 0 saturated carbocycles. The summed E-state index contributed by atoms with van der Waals surface area (Å²) >= 11 is 1.23. The maximum atomic E-state index is 13.3. The number of anilines is 1. The van der Waals surface area contributed by atoms with Gasteiger partial charge in [-0.15, -0.1) is 0 Å². The van der Waals surface area contributed by atoms with Gasteiger partial charge in [0.05, 0.1) is 48.1 Å². The number of benzene rings is 3. The SMILES string of the molecule is COc1ccc(/C=C2/Sc3cc(S(=O)(=O)Cc4c(OC)cccc4OC)ccc3NC2=O)cc1. The number of nitrogens with one attached hydrogen (secondary N) is 1. The van der Waals surface area contributed by atoms with Crippen molar-refractivity contribution in [1.29, 1.82) is 0 Å². The van der Waals surface area contributed by atoms with Crippen molar-refractivity contribution in [2.24, 2.45) is 0 Å². The van der Waals surface area contributed by atoms with Gasteiger partial charge in [-0.25, -0.2) is 8.42 Å². The number of carbonyl (C=O) groups is 1. The van der Waals surface area contributed by atoms with Crippen LogP contribution in [-0.4, -0.2) is 35.7 Å². The molecule has 1 amide bonds. The molecule has 0 bridgehead atoms. The van der Waals surface area contributed by atoms with E-state index in [1.807, 2.05) is 24.3 Å². The molecular formula is C25H23NO6S2. The Labute approximate surface area is 202 Å². The highest BCUT2D eigenvalue weighted by atomic mass is 32.2. The molecule has 4 rings (SSSR count). The van der Waals surface area contributed by atoms with Crippen LogP contribution in [0.2, 0.25) is 0 Å². The Morgan fingerprint density at radius 2 is 1.59 bits per heavy atom. The Balaban J connectivity index is 1.64. The first-order valence-corrected chi connectivity index (χ1v) is 12.7. The van der Waals surface area contributed by atoms with Crippen LogP contribution in [-0.2, 0) is 20.4 Å². The highest BCUT2D eigenvalue weighted by molar-refractivity contribution is 8.04. The largest absolute Gasteiger partial charge is 0.497 e. The molecule has 0 atom stereocenters. The average Bonchev–Trinajstić information content (AvgIpc) is 2.84. The molecule has 3 aromatic rings. The molecule has 0 aromatic heterocycles. The summed E-state index contributed by atoms with van der Waals surface area (Å²) in [6.07, 6.45) is 1.75. The molecule has 1 aliphatic heterocycles. The second-order valence-corrected chi connectivity index (χ2v) is 10.5. The van der Waals surface area contributed by atoms with Crippen LogP contribution in [0.4, 0.5) is 5.69 Å². The Hall–Kier alpha value is -3.43. The number of ether oxygens (including phenoxy) is 3. The normalized spacial score (nSPS) is 14.3. The number of carbonyl (C=O) groups excluding carboxylic acids is 1. The van der Waals surface area contributed by atoms with E-state index < -0.39 is 9.84 Å². The van der Waals surface area contributed by atoms with Crippen LogP contribution in [0.15, 0.2) is 75.4 Å². The summed E-state index contributed by atoms with van der Waals surface area (Å²) in [5.41, 5.74) is 1.84. The van der Waals surface area contributed by atoms with Gasteiger partial charge in [0.1, 0.15) is 17.2 Å². The first-order valence-electron chi connectivity index (χ1n) is 10.3. The first-order chi connectivity index (χ1) is 16.3. The van der Waals surface area contributed by atoms with Gasteiger partial charge in [0.2, 0.25) is 0 Å². The van der Waals surface area contributed by atoms with E-state index in [2.05, 4.69) is 5.32 Å². The van der Waals surface area contributed by atoms with Crippen LogP contribution in [0, 0.1) is 0 Å². The third kappa shape index (κ3) is 4.90. The molecule has 7 nitrogen and oxygen atoms in total. The van der Waals surface area contributed by atoms with Crippen molar-refractivity contribution in [2.45, 2.75) is 15.5 Å². The molecule has 3 aromatic carbocycles. The molecule has 0 radical (unpaired) electrons. The number of hydrogen-bond donors (Lipinski definition) is 1. The van der Waals surface area contributed by atoms with Gasteiger partial charge in [-0.2, -0.15) is 0 Å². The summed E-state index contributed by atoms with van der Waals surface area (Å²) in [5, 5.41) is 2.83. The van der Waals surface area contributed by atoms with Gasteiger partial charge in [-0.05, 0) is 54.1 Å². The molecule has 0 fully saturated rings. The molecule has 0 unspecified atom stereocenters. The fourth-order valence-electron chi connectivity index (χ4n) is 3.52. The van der Waals surface area contributed by atoms with Gasteiger partial charge in [-0.3, -0.25) is 4.79 Å². The molecule has 1 aliphatic rings. The minimum Gasteiger partial charge on any atom is -0.497 e. The lowest BCUT2D eigenvalue weighted by Crippen LogP contribution is -2.17. The Kier molecular flexibility index (Phi) is 6.85. The predicted molar refractivity (Wildman–Crippen MR) is 132 cm³/mol. The van der Waals surface area contributed by atoms with Crippen LogP contribution >= 0.6 is 11.8 Å². The number of fused-ring (bicyclic) bond motifs is 1. The van der Waals surface area contributed by atoms with E-state index in [1.165, 1.54) is 32.0 Å².